The van der Waals surface area contributed by atoms with Crippen LogP contribution in [0.25, 0.3) is 6.08 Å². The molecule has 2 amide bonds. The van der Waals surface area contributed by atoms with Crippen LogP contribution in [0.1, 0.15) is 38.6 Å². The predicted octanol–water partition coefficient (Wildman–Crippen LogP) is 7.17. The van der Waals surface area contributed by atoms with Crippen LogP contribution in [0.2, 0.25) is 0 Å². The fourth-order valence-corrected chi connectivity index (χ4v) is 10.0. The quantitative estimate of drug-likeness (QED) is 0.0150. The molecule has 0 aliphatic carbocycles. The zero-order valence-electron chi connectivity index (χ0n) is 36.1. The SMILES string of the molecule is COCCOCON=C(C(=O)NC1C(=O)N2C(C(=O)OCc3ccc(OC)cc3)=C(C=Cc3scnc3C)CS[C@H]12)c1nsc(NC(c2ccccc2)(c2ccccc2)c2ccccc2)n1. The van der Waals surface area contributed by atoms with E-state index in [-0.39, 0.29) is 37.2 Å². The minimum absolute atomic E-state index is 0.0348. The van der Waals surface area contributed by atoms with Crippen molar-refractivity contribution in [3.8, 4) is 5.75 Å². The maximum atomic E-state index is 14.4. The summed E-state index contributed by atoms with van der Waals surface area (Å²) in [5, 5.41) is 10.4. The molecule has 1 saturated heterocycles. The molecule has 1 unspecified atom stereocenters. The highest BCUT2D eigenvalue weighted by Crippen LogP contribution is 2.42. The lowest BCUT2D eigenvalue weighted by molar-refractivity contribution is -0.153. The normalized spacial score (nSPS) is 16.1. The summed E-state index contributed by atoms with van der Waals surface area (Å²) in [6.45, 7) is 2.11. The lowest BCUT2D eigenvalue weighted by Crippen LogP contribution is -2.71. The van der Waals surface area contributed by atoms with Crippen molar-refractivity contribution in [3.05, 3.63) is 177 Å². The number of thioether (sulfide) groups is 1. The number of carbonyl (C=O) groups is 3. The van der Waals surface area contributed by atoms with Gasteiger partial charge in [0.25, 0.3) is 11.8 Å². The summed E-state index contributed by atoms with van der Waals surface area (Å²) in [4.78, 5) is 59.4. The lowest BCUT2D eigenvalue weighted by Gasteiger charge is -2.49. The van der Waals surface area contributed by atoms with E-state index in [1.807, 2.05) is 110 Å². The van der Waals surface area contributed by atoms with E-state index in [2.05, 4.69) is 25.1 Å². The third-order valence-electron chi connectivity index (χ3n) is 10.7. The topological polar surface area (TPSA) is 176 Å². The molecule has 1 fully saturated rings. The zero-order valence-corrected chi connectivity index (χ0v) is 38.6. The molecule has 2 aromatic heterocycles. The van der Waals surface area contributed by atoms with E-state index >= 15 is 0 Å². The monoisotopic (exact) mass is 943 g/mol. The number of amides is 2. The highest BCUT2D eigenvalue weighted by Gasteiger charge is 2.54. The minimum atomic E-state index is -1.04. The zero-order chi connectivity index (χ0) is 45.9. The van der Waals surface area contributed by atoms with Crippen LogP contribution in [0.15, 0.2) is 143 Å². The van der Waals surface area contributed by atoms with Gasteiger partial charge in [-0.1, -0.05) is 114 Å². The second-order valence-electron chi connectivity index (χ2n) is 14.8. The van der Waals surface area contributed by atoms with Gasteiger partial charge in [0.15, 0.2) is 0 Å². The number of thiazole rings is 1. The summed E-state index contributed by atoms with van der Waals surface area (Å²) in [7, 11) is 3.12. The first-order chi connectivity index (χ1) is 32.3. The van der Waals surface area contributed by atoms with Crippen LogP contribution >= 0.6 is 34.6 Å². The average molecular weight is 944 g/mol. The first-order valence-electron chi connectivity index (χ1n) is 20.7. The van der Waals surface area contributed by atoms with Crippen molar-refractivity contribution in [2.75, 3.05) is 45.3 Å². The summed E-state index contributed by atoms with van der Waals surface area (Å²) >= 11 is 3.90. The van der Waals surface area contributed by atoms with Crippen LogP contribution in [0.4, 0.5) is 5.13 Å². The molecule has 6 aromatic rings. The van der Waals surface area contributed by atoms with Crippen LogP contribution in [0.5, 0.6) is 5.75 Å². The molecule has 18 heteroatoms. The standard InChI is InChI=1S/C48H45N7O8S3/c1-31-38(65-29-49-31)24-21-33-28-64-45-40(44(57)55(45)41(33)46(58)62-27-32-19-22-37(60-3)23-20-32)50-43(56)39(53-63-30-61-26-25-59-2)42-51-47(66-54-42)52-48(34-13-7-4-8-14-34,35-15-9-5-10-16-35)36-17-11-6-12-18-36/h4-24,29,40,45H,25-28,30H2,1-3H3,(H,50,56)(H,51,52,54)/t40?,45-/m1/s1. The molecular weight excluding hydrogens is 899 g/mol. The molecule has 2 aliphatic rings. The number of aromatic nitrogens is 3. The van der Waals surface area contributed by atoms with E-state index in [1.165, 1.54) is 28.0 Å². The Kier molecular flexibility index (Phi) is 15.0. The summed E-state index contributed by atoms with van der Waals surface area (Å²) < 4.78 is 26.1. The van der Waals surface area contributed by atoms with Crippen LogP contribution < -0.4 is 15.4 Å². The molecule has 0 spiro atoms. The first-order valence-corrected chi connectivity index (χ1v) is 23.4. The number of oxime groups is 1. The number of carbonyl (C=O) groups excluding carboxylic acids is 3. The smallest absolute Gasteiger partial charge is 0.355 e. The van der Waals surface area contributed by atoms with E-state index in [0.717, 1.165) is 44.4 Å². The van der Waals surface area contributed by atoms with Crippen molar-refractivity contribution in [1.82, 2.24) is 24.6 Å². The number of allylic oxidation sites excluding steroid dienone is 1. The highest BCUT2D eigenvalue weighted by molar-refractivity contribution is 8.00. The van der Waals surface area contributed by atoms with Crippen molar-refractivity contribution in [3.63, 3.8) is 0 Å². The number of benzene rings is 4. The number of hydrogen-bond donors (Lipinski definition) is 2. The molecule has 2 atom stereocenters. The summed E-state index contributed by atoms with van der Waals surface area (Å²) in [5.74, 6) is -0.989. The maximum Gasteiger partial charge on any atom is 0.355 e. The Hall–Kier alpha value is -6.70. The molecule has 4 aromatic carbocycles. The van der Waals surface area contributed by atoms with Crippen LogP contribution in [0, 0.1) is 6.92 Å². The molecule has 0 bridgehead atoms. The van der Waals surface area contributed by atoms with Gasteiger partial charge in [0.05, 0.1) is 31.5 Å². The Bertz CT molecular complexity index is 2620. The van der Waals surface area contributed by atoms with Crippen LogP contribution in [0.3, 0.4) is 0 Å². The van der Waals surface area contributed by atoms with Gasteiger partial charge in [-0.05, 0) is 53.0 Å². The van der Waals surface area contributed by atoms with Gasteiger partial charge in [-0.3, -0.25) is 14.5 Å². The van der Waals surface area contributed by atoms with Crippen molar-refractivity contribution in [2.45, 2.75) is 30.5 Å². The van der Waals surface area contributed by atoms with E-state index in [0.29, 0.717) is 28.8 Å². The third-order valence-corrected chi connectivity index (χ3v) is 13.5. The molecule has 338 valence electrons. The maximum absolute atomic E-state index is 14.4. The molecule has 0 radical (unpaired) electrons. The van der Waals surface area contributed by atoms with Gasteiger partial charge in [0.1, 0.15) is 35.0 Å². The Morgan fingerprint density at radius 3 is 2.17 bits per heavy atom. The van der Waals surface area contributed by atoms with Gasteiger partial charge in [-0.25, -0.2) is 9.78 Å². The molecule has 8 rings (SSSR count). The number of ether oxygens (including phenoxy) is 4. The number of fused-ring (bicyclic) bond motifs is 1. The van der Waals surface area contributed by atoms with Gasteiger partial charge in [0, 0.05) is 29.3 Å². The number of hydrogen-bond acceptors (Lipinski definition) is 16. The van der Waals surface area contributed by atoms with Gasteiger partial charge in [0.2, 0.25) is 23.5 Å². The Morgan fingerprint density at radius 2 is 1.56 bits per heavy atom. The highest BCUT2D eigenvalue weighted by atomic mass is 32.2. The summed E-state index contributed by atoms with van der Waals surface area (Å²) in [6.07, 6.45) is 3.68. The minimum Gasteiger partial charge on any atom is -0.497 e. The Balaban J connectivity index is 1.07. The number of methoxy groups -OCH3 is 2. The molecule has 2 N–H and O–H groups in total. The number of nitrogens with zero attached hydrogens (tertiary/aromatic N) is 5. The molecule has 66 heavy (non-hydrogen) atoms. The van der Waals surface area contributed by atoms with E-state index in [9.17, 15) is 14.4 Å². The van der Waals surface area contributed by atoms with Gasteiger partial charge in [-0.15, -0.1) is 23.1 Å². The van der Waals surface area contributed by atoms with Gasteiger partial charge < -0.3 is 34.4 Å². The molecule has 4 heterocycles. The van der Waals surface area contributed by atoms with Crippen molar-refractivity contribution in [2.24, 2.45) is 5.16 Å². The number of aryl methyl sites for hydroxylation is 1. The van der Waals surface area contributed by atoms with Crippen molar-refractivity contribution < 1.29 is 38.2 Å². The Labute approximate surface area is 393 Å². The van der Waals surface area contributed by atoms with E-state index in [1.54, 1.807) is 44.0 Å². The average Bonchev–Trinajstić information content (AvgIpc) is 4.01. The lowest BCUT2D eigenvalue weighted by atomic mass is 9.77. The van der Waals surface area contributed by atoms with Crippen molar-refractivity contribution in [1.29, 1.82) is 0 Å². The van der Waals surface area contributed by atoms with Crippen molar-refractivity contribution >= 4 is 69.3 Å². The molecule has 2 aliphatic heterocycles. The van der Waals surface area contributed by atoms with E-state index in [4.69, 9.17) is 28.8 Å². The number of esters is 1. The van der Waals surface area contributed by atoms with Crippen LogP contribution in [-0.2, 0) is 45.6 Å². The molecule has 0 saturated carbocycles. The third kappa shape index (κ3) is 10.1. The van der Waals surface area contributed by atoms with Gasteiger partial charge in [-0.2, -0.15) is 9.36 Å². The second kappa shape index (κ2) is 21.5. The summed E-state index contributed by atoms with van der Waals surface area (Å²) in [6, 6.07) is 36.1. The fraction of sp³-hybridized carbons (Fsp3) is 0.229. The largest absolute Gasteiger partial charge is 0.497 e. The summed E-state index contributed by atoms with van der Waals surface area (Å²) in [5.41, 5.74) is 5.62. The Morgan fingerprint density at radius 1 is 0.894 bits per heavy atom. The molecular formula is C48H45N7O8S3. The van der Waals surface area contributed by atoms with E-state index < -0.39 is 34.7 Å². The van der Waals surface area contributed by atoms with Crippen LogP contribution in [-0.4, -0.2) is 94.1 Å². The number of nitrogens with one attached hydrogen (secondary N) is 2. The first kappa shape index (κ1) is 45.9. The number of anilines is 1. The molecule has 15 nitrogen and oxygen atoms in total. The number of β-lactam (4-membered cyclic amide) rings is 1. The fourth-order valence-electron chi connectivity index (χ4n) is 7.38. The second-order valence-corrected chi connectivity index (χ2v) is 17.5. The van der Waals surface area contributed by atoms with Gasteiger partial charge >= 0.3 is 5.97 Å². The predicted molar refractivity (Wildman–Crippen MR) is 254 cm³/mol. The number of rotatable bonds is 20.